The molecule has 0 bridgehead atoms. The van der Waals surface area contributed by atoms with Crippen LogP contribution in [-0.4, -0.2) is 29.0 Å². The lowest BCUT2D eigenvalue weighted by Crippen LogP contribution is -2.45. The highest BCUT2D eigenvalue weighted by molar-refractivity contribution is 9.11. The first-order valence-corrected chi connectivity index (χ1v) is 8.40. The van der Waals surface area contributed by atoms with Crippen molar-refractivity contribution >= 4 is 31.9 Å². The van der Waals surface area contributed by atoms with Crippen molar-refractivity contribution in [1.29, 1.82) is 0 Å². The molecule has 2 heterocycles. The van der Waals surface area contributed by atoms with Gasteiger partial charge in [-0.05, 0) is 83.6 Å². The molecular formula is C14H21Br2N3. The minimum absolute atomic E-state index is 0.321. The average Bonchev–Trinajstić information content (AvgIpc) is 2.38. The van der Waals surface area contributed by atoms with E-state index < -0.39 is 0 Å². The molecule has 0 amide bonds. The summed E-state index contributed by atoms with van der Waals surface area (Å²) >= 11 is 7.12. The Morgan fingerprint density at radius 1 is 1.47 bits per heavy atom. The fourth-order valence-electron chi connectivity index (χ4n) is 2.95. The van der Waals surface area contributed by atoms with Crippen LogP contribution >= 0.6 is 31.9 Å². The number of nitrogens with two attached hydrogens (primary N) is 1. The van der Waals surface area contributed by atoms with Crippen LogP contribution in [0.4, 0.5) is 0 Å². The lowest BCUT2D eigenvalue weighted by molar-refractivity contribution is 0.0633. The van der Waals surface area contributed by atoms with Crippen molar-refractivity contribution in [3.8, 4) is 0 Å². The van der Waals surface area contributed by atoms with Gasteiger partial charge in [0, 0.05) is 21.2 Å². The second-order valence-electron chi connectivity index (χ2n) is 5.44. The van der Waals surface area contributed by atoms with Crippen molar-refractivity contribution in [1.82, 2.24) is 9.88 Å². The van der Waals surface area contributed by atoms with Crippen molar-refractivity contribution in [3.63, 3.8) is 0 Å². The number of hydrogen-bond donors (Lipinski definition) is 1. The monoisotopic (exact) mass is 389 g/mol. The minimum atomic E-state index is 0.321. The quantitative estimate of drug-likeness (QED) is 0.854. The zero-order chi connectivity index (χ0) is 14.0. The maximum absolute atomic E-state index is 5.99. The van der Waals surface area contributed by atoms with Gasteiger partial charge in [-0.3, -0.25) is 9.88 Å². The molecule has 0 spiro atoms. The molecule has 5 heteroatoms. The van der Waals surface area contributed by atoms with Crippen LogP contribution in [-0.2, 0) is 0 Å². The summed E-state index contributed by atoms with van der Waals surface area (Å²) in [7, 11) is 0. The highest BCUT2D eigenvalue weighted by atomic mass is 79.9. The summed E-state index contributed by atoms with van der Waals surface area (Å²) in [6, 6.07) is 2.90. The van der Waals surface area contributed by atoms with Crippen LogP contribution in [0.5, 0.6) is 0 Å². The van der Waals surface area contributed by atoms with E-state index in [2.05, 4.69) is 61.7 Å². The Morgan fingerprint density at radius 2 is 2.21 bits per heavy atom. The van der Waals surface area contributed by atoms with E-state index in [0.717, 1.165) is 27.7 Å². The predicted octanol–water partition coefficient (Wildman–Crippen LogP) is 3.73. The maximum Gasteiger partial charge on any atom is 0.0721 e. The number of hydrogen-bond acceptors (Lipinski definition) is 3. The Balaban J connectivity index is 2.39. The summed E-state index contributed by atoms with van der Waals surface area (Å²) in [4.78, 5) is 7.17. The maximum atomic E-state index is 5.99. The molecule has 2 atom stereocenters. The van der Waals surface area contributed by atoms with Crippen LogP contribution in [0.15, 0.2) is 21.2 Å². The number of nitrogens with zero attached hydrogens (tertiary/aromatic N) is 2. The van der Waals surface area contributed by atoms with Gasteiger partial charge in [-0.2, -0.15) is 0 Å². The molecule has 1 aromatic heterocycles. The van der Waals surface area contributed by atoms with Crippen LogP contribution in [0.1, 0.15) is 38.4 Å². The van der Waals surface area contributed by atoms with Gasteiger partial charge in [-0.15, -0.1) is 0 Å². The summed E-state index contributed by atoms with van der Waals surface area (Å²) in [5, 5.41) is 0. The number of likely N-dealkylation sites (tertiary alicyclic amines) is 1. The molecule has 106 valence electrons. The molecule has 19 heavy (non-hydrogen) atoms. The van der Waals surface area contributed by atoms with Gasteiger partial charge < -0.3 is 5.73 Å². The van der Waals surface area contributed by atoms with Gasteiger partial charge in [-0.25, -0.2) is 0 Å². The second-order valence-corrected chi connectivity index (χ2v) is 7.21. The van der Waals surface area contributed by atoms with Crippen molar-refractivity contribution in [3.05, 3.63) is 26.9 Å². The normalized spacial score (nSPS) is 24.9. The molecule has 0 aromatic carbocycles. The van der Waals surface area contributed by atoms with E-state index in [-0.39, 0.29) is 0 Å². The Bertz CT molecular complexity index is 437. The van der Waals surface area contributed by atoms with E-state index in [0.29, 0.717) is 18.0 Å². The molecule has 0 aliphatic carbocycles. The molecule has 1 aliphatic heterocycles. The Kier molecular flexibility index (Phi) is 5.40. The molecule has 2 rings (SSSR count). The highest BCUT2D eigenvalue weighted by Crippen LogP contribution is 2.39. The van der Waals surface area contributed by atoms with Gasteiger partial charge in [0.2, 0.25) is 0 Å². The smallest absolute Gasteiger partial charge is 0.0721 e. The Morgan fingerprint density at radius 3 is 2.79 bits per heavy atom. The van der Waals surface area contributed by atoms with Crippen molar-refractivity contribution in [2.75, 3.05) is 13.1 Å². The summed E-state index contributed by atoms with van der Waals surface area (Å²) in [6.45, 7) is 6.35. The van der Waals surface area contributed by atoms with E-state index in [1.54, 1.807) is 0 Å². The zero-order valence-electron chi connectivity index (χ0n) is 11.4. The van der Waals surface area contributed by atoms with Gasteiger partial charge in [0.05, 0.1) is 11.7 Å². The third-order valence-corrected chi connectivity index (χ3v) is 4.95. The molecule has 2 N–H and O–H groups in total. The number of halogens is 2. The summed E-state index contributed by atoms with van der Waals surface area (Å²) in [5.74, 6) is 0.487. The number of aromatic nitrogens is 1. The molecule has 3 nitrogen and oxygen atoms in total. The van der Waals surface area contributed by atoms with E-state index in [1.807, 2.05) is 6.20 Å². The van der Waals surface area contributed by atoms with Crippen LogP contribution < -0.4 is 5.73 Å². The van der Waals surface area contributed by atoms with Gasteiger partial charge in [0.1, 0.15) is 0 Å². The van der Waals surface area contributed by atoms with Crippen LogP contribution in [0, 0.1) is 5.92 Å². The molecule has 1 fully saturated rings. The average molecular weight is 391 g/mol. The van der Waals surface area contributed by atoms with Gasteiger partial charge in [0.15, 0.2) is 0 Å². The van der Waals surface area contributed by atoms with E-state index >= 15 is 0 Å². The zero-order valence-corrected chi connectivity index (χ0v) is 14.6. The van der Waals surface area contributed by atoms with Crippen molar-refractivity contribution in [2.24, 2.45) is 11.7 Å². The molecule has 0 saturated carbocycles. The van der Waals surface area contributed by atoms with Gasteiger partial charge >= 0.3 is 0 Å². The fourth-order valence-corrected chi connectivity index (χ4v) is 4.18. The number of piperidine rings is 1. The number of pyridine rings is 1. The third-order valence-electron chi connectivity index (χ3n) is 3.88. The molecule has 1 aliphatic rings. The van der Waals surface area contributed by atoms with E-state index in [1.165, 1.54) is 12.8 Å². The fraction of sp³-hybridized carbons (Fsp3) is 0.643. The first-order chi connectivity index (χ1) is 9.04. The van der Waals surface area contributed by atoms with Crippen molar-refractivity contribution in [2.45, 2.75) is 38.8 Å². The van der Waals surface area contributed by atoms with E-state index in [4.69, 9.17) is 5.73 Å². The Labute approximate surface area is 132 Å². The number of rotatable bonds is 3. The first-order valence-electron chi connectivity index (χ1n) is 6.81. The Hall–Kier alpha value is 0.0300. The van der Waals surface area contributed by atoms with Crippen LogP contribution in [0.2, 0.25) is 0 Å². The first kappa shape index (κ1) is 15.4. The molecule has 2 unspecified atom stereocenters. The summed E-state index contributed by atoms with van der Waals surface area (Å²) < 4.78 is 2.07. The van der Waals surface area contributed by atoms with Crippen molar-refractivity contribution < 1.29 is 0 Å². The predicted molar refractivity (Wildman–Crippen MR) is 86.0 cm³/mol. The lowest BCUT2D eigenvalue weighted by Gasteiger charge is -2.43. The summed E-state index contributed by atoms with van der Waals surface area (Å²) in [6.07, 6.45) is 4.29. The largest absolute Gasteiger partial charge is 0.330 e. The lowest BCUT2D eigenvalue weighted by atomic mass is 9.86. The van der Waals surface area contributed by atoms with E-state index in [9.17, 15) is 0 Å². The second kappa shape index (κ2) is 6.66. The molecule has 0 radical (unpaired) electrons. The van der Waals surface area contributed by atoms with Crippen LogP contribution in [0.3, 0.4) is 0 Å². The van der Waals surface area contributed by atoms with Gasteiger partial charge in [0.25, 0.3) is 0 Å². The molecule has 1 aromatic rings. The molecular weight excluding hydrogens is 370 g/mol. The topological polar surface area (TPSA) is 42.1 Å². The molecule has 1 saturated heterocycles. The standard InChI is InChI=1S/C14H21Br2N3/c1-9(2)19-5-3-4-10(7-17)14(19)13-12(16)6-11(15)8-18-13/h6,8-10,14H,3-5,7,17H2,1-2H3. The van der Waals surface area contributed by atoms with Crippen LogP contribution in [0.25, 0.3) is 0 Å². The highest BCUT2D eigenvalue weighted by Gasteiger charge is 2.35. The van der Waals surface area contributed by atoms with Gasteiger partial charge in [-0.1, -0.05) is 0 Å². The minimum Gasteiger partial charge on any atom is -0.330 e. The summed E-state index contributed by atoms with van der Waals surface area (Å²) in [5.41, 5.74) is 7.11. The third kappa shape index (κ3) is 3.38. The SMILES string of the molecule is CC(C)N1CCCC(CN)C1c1ncc(Br)cc1Br.